The fourth-order valence-electron chi connectivity index (χ4n) is 1.55. The molecule has 0 fully saturated rings. The summed E-state index contributed by atoms with van der Waals surface area (Å²) in [7, 11) is -3.87. The first-order valence-electron chi connectivity index (χ1n) is 5.77. The Bertz CT molecular complexity index is 584. The molecule has 0 radical (unpaired) electrons. The largest absolute Gasteiger partial charge is 0.462 e. The summed E-state index contributed by atoms with van der Waals surface area (Å²) in [6.07, 6.45) is 1.67. The fraction of sp³-hybridized carbons (Fsp3) is 0.417. The van der Waals surface area contributed by atoms with Crippen molar-refractivity contribution < 1.29 is 17.9 Å². The molecule has 0 aliphatic heterocycles. The molecule has 106 valence electrons. The number of rotatable bonds is 5. The third-order valence-electron chi connectivity index (χ3n) is 2.58. The van der Waals surface area contributed by atoms with E-state index in [1.54, 1.807) is 0 Å². The second-order valence-electron chi connectivity index (χ2n) is 4.11. The lowest BCUT2D eigenvalue weighted by Gasteiger charge is -2.10. The number of nitrogens with two attached hydrogens (primary N) is 1. The van der Waals surface area contributed by atoms with Crippen LogP contribution in [0.3, 0.4) is 0 Å². The number of halogens is 1. The maximum atomic E-state index is 11.9. The van der Waals surface area contributed by atoms with Gasteiger partial charge in [-0.2, -0.15) is 0 Å². The van der Waals surface area contributed by atoms with Crippen LogP contribution in [0.2, 0.25) is 0 Å². The van der Waals surface area contributed by atoms with Crippen molar-refractivity contribution in [2.75, 3.05) is 6.61 Å². The second kappa shape index (κ2) is 6.49. The van der Waals surface area contributed by atoms with E-state index in [1.165, 1.54) is 19.1 Å². The lowest BCUT2D eigenvalue weighted by Crippen LogP contribution is -2.17. The number of hydrogen-bond acceptors (Lipinski definition) is 4. The van der Waals surface area contributed by atoms with Crippen LogP contribution in [0.25, 0.3) is 0 Å². The van der Waals surface area contributed by atoms with E-state index in [1.807, 2.05) is 6.92 Å². The van der Waals surface area contributed by atoms with Gasteiger partial charge in [-0.05, 0) is 31.0 Å². The highest BCUT2D eigenvalue weighted by Crippen LogP contribution is 2.24. The summed E-state index contributed by atoms with van der Waals surface area (Å²) < 4.78 is 28.4. The van der Waals surface area contributed by atoms with Gasteiger partial charge in [0.2, 0.25) is 10.0 Å². The maximum absolute atomic E-state index is 11.9. The Morgan fingerprint density at radius 2 is 2.05 bits per heavy atom. The van der Waals surface area contributed by atoms with Crippen LogP contribution in [0.4, 0.5) is 0 Å². The molecule has 1 aromatic carbocycles. The van der Waals surface area contributed by atoms with Crippen molar-refractivity contribution in [1.82, 2.24) is 0 Å². The molecule has 0 saturated carbocycles. The summed E-state index contributed by atoms with van der Waals surface area (Å²) in [6, 6.07) is 2.89. The molecule has 0 aliphatic carbocycles. The van der Waals surface area contributed by atoms with Crippen molar-refractivity contribution in [3.63, 3.8) is 0 Å². The van der Waals surface area contributed by atoms with E-state index in [-0.39, 0.29) is 10.5 Å². The standard InChI is InChI=1S/C12H16BrNO4S/c1-3-4-5-18-12(15)10-6-9(13)7-11(8(10)2)19(14,16)17/h6-7H,3-5H2,1-2H3,(H2,14,16,17). The van der Waals surface area contributed by atoms with Crippen molar-refractivity contribution in [1.29, 1.82) is 0 Å². The topological polar surface area (TPSA) is 86.5 Å². The zero-order valence-electron chi connectivity index (χ0n) is 10.8. The predicted octanol–water partition coefficient (Wildman–Crippen LogP) is 2.36. The van der Waals surface area contributed by atoms with Gasteiger partial charge in [0.1, 0.15) is 0 Å². The van der Waals surface area contributed by atoms with Crippen LogP contribution in [0.5, 0.6) is 0 Å². The van der Waals surface area contributed by atoms with Gasteiger partial charge in [0, 0.05) is 4.47 Å². The SMILES string of the molecule is CCCCOC(=O)c1cc(Br)cc(S(N)(=O)=O)c1C. The Kier molecular flexibility index (Phi) is 5.51. The first-order valence-corrected chi connectivity index (χ1v) is 8.11. The van der Waals surface area contributed by atoms with Crippen molar-refractivity contribution in [3.8, 4) is 0 Å². The number of esters is 1. The second-order valence-corrected chi connectivity index (χ2v) is 6.56. The Labute approximate surface area is 121 Å². The van der Waals surface area contributed by atoms with Crippen LogP contribution in [0.1, 0.15) is 35.7 Å². The number of hydrogen-bond donors (Lipinski definition) is 1. The van der Waals surface area contributed by atoms with Crippen molar-refractivity contribution in [2.24, 2.45) is 5.14 Å². The molecule has 7 heteroatoms. The van der Waals surface area contributed by atoms with Crippen LogP contribution in [0, 0.1) is 6.92 Å². The van der Waals surface area contributed by atoms with E-state index in [4.69, 9.17) is 9.88 Å². The summed E-state index contributed by atoms with van der Waals surface area (Å²) in [5.41, 5.74) is 0.502. The molecule has 2 N–H and O–H groups in total. The zero-order chi connectivity index (χ0) is 14.6. The molecule has 0 aromatic heterocycles. The lowest BCUT2D eigenvalue weighted by atomic mass is 10.1. The van der Waals surface area contributed by atoms with Gasteiger partial charge in [-0.3, -0.25) is 0 Å². The Balaban J connectivity index is 3.15. The molecule has 1 rings (SSSR count). The molecule has 0 unspecified atom stereocenters. The van der Waals surface area contributed by atoms with Gasteiger partial charge in [-0.1, -0.05) is 29.3 Å². The van der Waals surface area contributed by atoms with E-state index < -0.39 is 16.0 Å². The van der Waals surface area contributed by atoms with E-state index in [0.717, 1.165) is 12.8 Å². The molecule has 0 spiro atoms. The third-order valence-corrected chi connectivity index (χ3v) is 4.08. The molecular formula is C12H16BrNO4S. The van der Waals surface area contributed by atoms with E-state index in [9.17, 15) is 13.2 Å². The molecule has 0 saturated heterocycles. The molecule has 0 atom stereocenters. The minimum Gasteiger partial charge on any atom is -0.462 e. The minimum atomic E-state index is -3.87. The first-order chi connectivity index (χ1) is 8.77. The quantitative estimate of drug-likeness (QED) is 0.652. The highest BCUT2D eigenvalue weighted by molar-refractivity contribution is 9.10. The molecule has 0 bridgehead atoms. The minimum absolute atomic E-state index is 0.0793. The maximum Gasteiger partial charge on any atom is 0.338 e. The highest BCUT2D eigenvalue weighted by atomic mass is 79.9. The Morgan fingerprint density at radius 1 is 1.42 bits per heavy atom. The molecule has 19 heavy (non-hydrogen) atoms. The summed E-state index contributed by atoms with van der Waals surface area (Å²) in [6.45, 7) is 3.83. The average molecular weight is 350 g/mol. The number of sulfonamides is 1. The smallest absolute Gasteiger partial charge is 0.338 e. The van der Waals surface area contributed by atoms with Crippen molar-refractivity contribution >= 4 is 31.9 Å². The van der Waals surface area contributed by atoms with Gasteiger partial charge in [0.25, 0.3) is 0 Å². The zero-order valence-corrected chi connectivity index (χ0v) is 13.2. The van der Waals surface area contributed by atoms with Gasteiger partial charge >= 0.3 is 5.97 Å². The van der Waals surface area contributed by atoms with E-state index in [2.05, 4.69) is 15.9 Å². The van der Waals surface area contributed by atoms with E-state index in [0.29, 0.717) is 16.6 Å². The Hall–Kier alpha value is -0.920. The lowest BCUT2D eigenvalue weighted by molar-refractivity contribution is 0.0498. The molecule has 0 heterocycles. The van der Waals surface area contributed by atoms with Crippen LogP contribution < -0.4 is 5.14 Å². The number of benzene rings is 1. The average Bonchev–Trinajstić information content (AvgIpc) is 2.30. The van der Waals surface area contributed by atoms with Gasteiger partial charge < -0.3 is 4.74 Å². The number of carbonyl (C=O) groups is 1. The van der Waals surface area contributed by atoms with Gasteiger partial charge in [0.15, 0.2) is 0 Å². The fourth-order valence-corrected chi connectivity index (χ4v) is 2.99. The number of primary sulfonamides is 1. The predicted molar refractivity (Wildman–Crippen MR) is 75.4 cm³/mol. The van der Waals surface area contributed by atoms with Crippen molar-refractivity contribution in [3.05, 3.63) is 27.7 Å². The van der Waals surface area contributed by atoms with Crippen LogP contribution in [0.15, 0.2) is 21.5 Å². The molecule has 1 aromatic rings. The van der Waals surface area contributed by atoms with Crippen LogP contribution in [-0.4, -0.2) is 21.0 Å². The number of carbonyl (C=O) groups excluding carboxylic acids is 1. The highest BCUT2D eigenvalue weighted by Gasteiger charge is 2.20. The molecular weight excluding hydrogens is 334 g/mol. The summed E-state index contributed by atoms with van der Waals surface area (Å²) in [5.74, 6) is -0.544. The Morgan fingerprint density at radius 3 is 2.58 bits per heavy atom. The third kappa shape index (κ3) is 4.29. The monoisotopic (exact) mass is 349 g/mol. The summed E-state index contributed by atoms with van der Waals surface area (Å²) in [5, 5.41) is 5.12. The van der Waals surface area contributed by atoms with Crippen LogP contribution >= 0.6 is 15.9 Å². The summed E-state index contributed by atoms with van der Waals surface area (Å²) in [4.78, 5) is 11.8. The summed E-state index contributed by atoms with van der Waals surface area (Å²) >= 11 is 3.16. The number of unbranched alkanes of at least 4 members (excludes halogenated alkanes) is 1. The van der Waals surface area contributed by atoms with Gasteiger partial charge in [-0.25, -0.2) is 18.4 Å². The van der Waals surface area contributed by atoms with E-state index >= 15 is 0 Å². The normalized spacial score (nSPS) is 11.4. The number of ether oxygens (including phenoxy) is 1. The van der Waals surface area contributed by atoms with Gasteiger partial charge in [0.05, 0.1) is 17.1 Å². The van der Waals surface area contributed by atoms with Gasteiger partial charge in [-0.15, -0.1) is 0 Å². The molecule has 5 nitrogen and oxygen atoms in total. The molecule has 0 amide bonds. The van der Waals surface area contributed by atoms with Crippen LogP contribution in [-0.2, 0) is 14.8 Å². The van der Waals surface area contributed by atoms with Crippen molar-refractivity contribution in [2.45, 2.75) is 31.6 Å². The first kappa shape index (κ1) is 16.1. The molecule has 0 aliphatic rings.